The Morgan fingerprint density at radius 3 is 2.62 bits per heavy atom. The fourth-order valence-electron chi connectivity index (χ4n) is 1.20. The van der Waals surface area contributed by atoms with Gasteiger partial charge in [0, 0.05) is 11.1 Å². The van der Waals surface area contributed by atoms with Gasteiger partial charge >= 0.3 is 5.97 Å². The maximum atomic E-state index is 13.2. The first-order chi connectivity index (χ1) is 7.38. The number of nitrogens with two attached hydrogens (primary N) is 1. The van der Waals surface area contributed by atoms with Gasteiger partial charge in [-0.05, 0) is 19.9 Å². The Balaban J connectivity index is 2.47. The summed E-state index contributed by atoms with van der Waals surface area (Å²) in [6.07, 6.45) is 0.113. The van der Waals surface area contributed by atoms with E-state index in [1.807, 2.05) is 0 Å². The Morgan fingerprint density at radius 1 is 1.44 bits per heavy atom. The summed E-state index contributed by atoms with van der Waals surface area (Å²) >= 11 is 0. The normalized spacial score (nSPS) is 11.2. The molecule has 16 heavy (non-hydrogen) atoms. The van der Waals surface area contributed by atoms with Crippen LogP contribution in [0.5, 0.6) is 0 Å². The van der Waals surface area contributed by atoms with Crippen molar-refractivity contribution in [3.63, 3.8) is 0 Å². The predicted molar refractivity (Wildman–Crippen MR) is 59.1 cm³/mol. The SMILES string of the molecule is CC(C)(N)CC(=O)OCc1ccccc1F. The van der Waals surface area contributed by atoms with E-state index in [4.69, 9.17) is 10.5 Å². The van der Waals surface area contributed by atoms with E-state index < -0.39 is 11.5 Å². The molecule has 0 amide bonds. The number of carbonyl (C=O) groups is 1. The van der Waals surface area contributed by atoms with E-state index >= 15 is 0 Å². The van der Waals surface area contributed by atoms with Crippen molar-refractivity contribution in [3.05, 3.63) is 35.6 Å². The highest BCUT2D eigenvalue weighted by molar-refractivity contribution is 5.70. The van der Waals surface area contributed by atoms with Crippen molar-refractivity contribution >= 4 is 5.97 Å². The lowest BCUT2D eigenvalue weighted by Crippen LogP contribution is -2.35. The summed E-state index contributed by atoms with van der Waals surface area (Å²) in [6, 6.07) is 6.19. The molecule has 1 aromatic rings. The van der Waals surface area contributed by atoms with Crippen LogP contribution < -0.4 is 5.73 Å². The molecule has 3 nitrogen and oxygen atoms in total. The van der Waals surface area contributed by atoms with Crippen molar-refractivity contribution in [2.24, 2.45) is 5.73 Å². The zero-order valence-corrected chi connectivity index (χ0v) is 9.50. The topological polar surface area (TPSA) is 52.3 Å². The number of ether oxygens (including phenoxy) is 1. The minimum absolute atomic E-state index is 0.0540. The molecule has 0 bridgehead atoms. The number of benzene rings is 1. The van der Waals surface area contributed by atoms with Gasteiger partial charge < -0.3 is 10.5 Å². The summed E-state index contributed by atoms with van der Waals surface area (Å²) in [4.78, 5) is 11.3. The quantitative estimate of drug-likeness (QED) is 0.797. The van der Waals surface area contributed by atoms with E-state index in [0.29, 0.717) is 5.56 Å². The molecule has 0 saturated carbocycles. The van der Waals surface area contributed by atoms with Crippen molar-refractivity contribution in [2.45, 2.75) is 32.4 Å². The molecule has 0 aliphatic rings. The third kappa shape index (κ3) is 4.40. The average molecular weight is 225 g/mol. The fraction of sp³-hybridized carbons (Fsp3) is 0.417. The Kier molecular flexibility index (Phi) is 4.01. The first-order valence-electron chi connectivity index (χ1n) is 5.06. The van der Waals surface area contributed by atoms with Crippen molar-refractivity contribution in [3.8, 4) is 0 Å². The highest BCUT2D eigenvalue weighted by Crippen LogP contribution is 2.10. The number of esters is 1. The molecule has 88 valence electrons. The van der Waals surface area contributed by atoms with Gasteiger partial charge in [-0.3, -0.25) is 4.79 Å². The molecule has 0 fully saturated rings. The Morgan fingerprint density at radius 2 is 2.06 bits per heavy atom. The highest BCUT2D eigenvalue weighted by Gasteiger charge is 2.17. The summed E-state index contributed by atoms with van der Waals surface area (Å²) in [5.74, 6) is -0.793. The number of hydrogen-bond donors (Lipinski definition) is 1. The van der Waals surface area contributed by atoms with Crippen LogP contribution in [0.4, 0.5) is 4.39 Å². The molecule has 4 heteroatoms. The molecular formula is C12H16FNO2. The van der Waals surface area contributed by atoms with Crippen LogP contribution in [0.2, 0.25) is 0 Å². The molecule has 0 heterocycles. The molecule has 0 aromatic heterocycles. The van der Waals surface area contributed by atoms with Gasteiger partial charge in [0.2, 0.25) is 0 Å². The third-order valence-electron chi connectivity index (χ3n) is 1.95. The molecule has 0 aliphatic carbocycles. The molecule has 0 atom stereocenters. The summed E-state index contributed by atoms with van der Waals surface area (Å²) < 4.78 is 18.1. The zero-order chi connectivity index (χ0) is 12.2. The third-order valence-corrected chi connectivity index (χ3v) is 1.95. The van der Waals surface area contributed by atoms with E-state index in [0.717, 1.165) is 0 Å². The van der Waals surface area contributed by atoms with Crippen molar-refractivity contribution < 1.29 is 13.9 Å². The summed E-state index contributed by atoms with van der Waals surface area (Å²) in [5.41, 5.74) is 5.42. The van der Waals surface area contributed by atoms with Crippen LogP contribution in [0.15, 0.2) is 24.3 Å². The molecule has 0 aliphatic heterocycles. The van der Waals surface area contributed by atoms with E-state index in [1.165, 1.54) is 6.07 Å². The number of rotatable bonds is 4. The second-order valence-corrected chi connectivity index (χ2v) is 4.42. The van der Waals surface area contributed by atoms with E-state index in [2.05, 4.69) is 0 Å². The van der Waals surface area contributed by atoms with Gasteiger partial charge in [0.1, 0.15) is 12.4 Å². The van der Waals surface area contributed by atoms with Gasteiger partial charge in [0.05, 0.1) is 6.42 Å². The summed E-state index contributed by atoms with van der Waals surface area (Å²) in [5, 5.41) is 0. The van der Waals surface area contributed by atoms with Crippen LogP contribution in [0.25, 0.3) is 0 Å². The molecule has 1 rings (SSSR count). The summed E-state index contributed by atoms with van der Waals surface area (Å²) in [7, 11) is 0. The minimum Gasteiger partial charge on any atom is -0.461 e. The Bertz CT molecular complexity index is 372. The van der Waals surface area contributed by atoms with Crippen LogP contribution in [0, 0.1) is 5.82 Å². The minimum atomic E-state index is -0.605. The maximum Gasteiger partial charge on any atom is 0.307 e. The molecule has 2 N–H and O–H groups in total. The van der Waals surface area contributed by atoms with Gasteiger partial charge in [-0.2, -0.15) is 0 Å². The van der Waals surface area contributed by atoms with Gasteiger partial charge in [-0.15, -0.1) is 0 Å². The highest BCUT2D eigenvalue weighted by atomic mass is 19.1. The molecular weight excluding hydrogens is 209 g/mol. The van der Waals surface area contributed by atoms with E-state index in [9.17, 15) is 9.18 Å². The lowest BCUT2D eigenvalue weighted by Gasteiger charge is -2.16. The molecule has 0 unspecified atom stereocenters. The molecule has 0 radical (unpaired) electrons. The Labute approximate surface area is 94.4 Å². The zero-order valence-electron chi connectivity index (χ0n) is 9.50. The second-order valence-electron chi connectivity index (χ2n) is 4.42. The number of carbonyl (C=O) groups excluding carboxylic acids is 1. The number of hydrogen-bond acceptors (Lipinski definition) is 3. The van der Waals surface area contributed by atoms with Crippen molar-refractivity contribution in [1.29, 1.82) is 0 Å². The van der Waals surface area contributed by atoms with Crippen LogP contribution in [0.3, 0.4) is 0 Å². The van der Waals surface area contributed by atoms with Crippen LogP contribution >= 0.6 is 0 Å². The van der Waals surface area contributed by atoms with Crippen LogP contribution in [-0.2, 0) is 16.1 Å². The predicted octanol–water partition coefficient (Wildman–Crippen LogP) is 2.00. The number of halogens is 1. The van der Waals surface area contributed by atoms with Crippen molar-refractivity contribution in [1.82, 2.24) is 0 Å². The Hall–Kier alpha value is -1.42. The van der Waals surface area contributed by atoms with Gasteiger partial charge in [0.25, 0.3) is 0 Å². The van der Waals surface area contributed by atoms with Crippen molar-refractivity contribution in [2.75, 3.05) is 0 Å². The molecule has 0 spiro atoms. The van der Waals surface area contributed by atoms with Gasteiger partial charge in [-0.1, -0.05) is 18.2 Å². The second kappa shape index (κ2) is 5.07. The standard InChI is InChI=1S/C12H16FNO2/c1-12(2,14)7-11(15)16-8-9-5-3-4-6-10(9)13/h3-6H,7-8,14H2,1-2H3. The largest absolute Gasteiger partial charge is 0.461 e. The van der Waals surface area contributed by atoms with E-state index in [-0.39, 0.29) is 18.8 Å². The maximum absolute atomic E-state index is 13.2. The first kappa shape index (κ1) is 12.6. The van der Waals surface area contributed by atoms with Gasteiger partial charge in [-0.25, -0.2) is 4.39 Å². The van der Waals surface area contributed by atoms with E-state index in [1.54, 1.807) is 32.0 Å². The van der Waals surface area contributed by atoms with Crippen LogP contribution in [-0.4, -0.2) is 11.5 Å². The summed E-state index contributed by atoms with van der Waals surface area (Å²) in [6.45, 7) is 3.41. The monoisotopic (exact) mass is 225 g/mol. The van der Waals surface area contributed by atoms with Gasteiger partial charge in [0.15, 0.2) is 0 Å². The van der Waals surface area contributed by atoms with Crippen LogP contribution in [0.1, 0.15) is 25.8 Å². The first-order valence-corrected chi connectivity index (χ1v) is 5.06. The molecule has 1 aromatic carbocycles. The fourth-order valence-corrected chi connectivity index (χ4v) is 1.20. The molecule has 0 saturated heterocycles. The average Bonchev–Trinajstić information content (AvgIpc) is 2.14. The lowest BCUT2D eigenvalue weighted by molar-refractivity contribution is -0.146. The smallest absolute Gasteiger partial charge is 0.307 e. The lowest BCUT2D eigenvalue weighted by atomic mass is 10.0.